The maximum atomic E-state index is 11.5. The normalized spacial score (nSPS) is 27.4. The van der Waals surface area contributed by atoms with Crippen molar-refractivity contribution in [2.24, 2.45) is 17.3 Å². The maximum Gasteiger partial charge on any atom is 0.309 e. The molecule has 5 rings (SSSR count). The van der Waals surface area contributed by atoms with Crippen LogP contribution in [-0.2, 0) is 4.79 Å². The van der Waals surface area contributed by atoms with Crippen LogP contribution in [0, 0.1) is 24.2 Å². The Morgan fingerprint density at radius 3 is 2.57 bits per heavy atom. The highest BCUT2D eigenvalue weighted by Gasteiger charge is 2.49. The lowest BCUT2D eigenvalue weighted by molar-refractivity contribution is -0.158. The molecular formula is C27H34Cl3N5O2. The predicted octanol–water partition coefficient (Wildman–Crippen LogP) is 6.32. The fourth-order valence-electron chi connectivity index (χ4n) is 6.06. The third kappa shape index (κ3) is 5.38. The molecule has 2 saturated heterocycles. The standard InChI is InChI=1S/C27H34Cl3N5O2/c1-15(21-7-6-19(28)9-22(21)29)31-24-23(30)16(2)32-26(33-24)35-13-18(14-35)17-5-4-8-34(12-17)20-10-27(3,11-20)25(36)37/h6-7,9,15,17-18,20H,4-5,8,10-14H2,1-3H3,(H,36,37)(H,31,32,33)/t15-,17-,20?,27?/m0/s1. The van der Waals surface area contributed by atoms with E-state index < -0.39 is 11.4 Å². The molecule has 1 saturated carbocycles. The first-order valence-corrected chi connectivity index (χ1v) is 14.2. The lowest BCUT2D eigenvalue weighted by Crippen LogP contribution is -2.58. The number of piperidine rings is 1. The number of carboxylic acids is 1. The van der Waals surface area contributed by atoms with Gasteiger partial charge in [0.25, 0.3) is 0 Å². The van der Waals surface area contributed by atoms with Crippen LogP contribution in [0.2, 0.25) is 15.1 Å². The monoisotopic (exact) mass is 565 g/mol. The summed E-state index contributed by atoms with van der Waals surface area (Å²) in [6.07, 6.45) is 3.93. The van der Waals surface area contributed by atoms with Gasteiger partial charge in [-0.2, -0.15) is 4.98 Å². The molecule has 2 atom stereocenters. The van der Waals surface area contributed by atoms with E-state index in [4.69, 9.17) is 39.8 Å². The molecule has 37 heavy (non-hydrogen) atoms. The number of halogens is 3. The third-order valence-electron chi connectivity index (χ3n) is 8.54. The van der Waals surface area contributed by atoms with Crippen LogP contribution >= 0.6 is 34.8 Å². The first kappa shape index (κ1) is 26.8. The number of benzene rings is 1. The number of anilines is 2. The zero-order valence-corrected chi connectivity index (χ0v) is 23.7. The SMILES string of the molecule is Cc1nc(N2CC([C@H]3CCCN(C4CC(C)(C(=O)O)C4)C3)C2)nc(N[C@@H](C)c2ccc(Cl)cc2Cl)c1Cl. The number of carboxylic acid groups (broad SMARTS) is 1. The Kier molecular flexibility index (Phi) is 7.53. The van der Waals surface area contributed by atoms with Crippen molar-refractivity contribution in [1.29, 1.82) is 0 Å². The van der Waals surface area contributed by atoms with Crippen molar-refractivity contribution in [3.05, 3.63) is 44.5 Å². The van der Waals surface area contributed by atoms with E-state index in [2.05, 4.69) is 20.1 Å². The molecular weight excluding hydrogens is 533 g/mol. The van der Waals surface area contributed by atoms with Crippen molar-refractivity contribution in [2.45, 2.75) is 58.5 Å². The molecule has 3 heterocycles. The number of hydrogen-bond acceptors (Lipinski definition) is 6. The van der Waals surface area contributed by atoms with Gasteiger partial charge in [-0.1, -0.05) is 40.9 Å². The summed E-state index contributed by atoms with van der Waals surface area (Å²) in [5.41, 5.74) is 1.11. The fourth-order valence-corrected chi connectivity index (χ4v) is 6.77. The van der Waals surface area contributed by atoms with Gasteiger partial charge in [0.2, 0.25) is 5.95 Å². The summed E-state index contributed by atoms with van der Waals surface area (Å²) in [7, 11) is 0. The highest BCUT2D eigenvalue weighted by atomic mass is 35.5. The predicted molar refractivity (Wildman–Crippen MR) is 149 cm³/mol. The number of aromatic nitrogens is 2. The number of hydrogen-bond donors (Lipinski definition) is 2. The summed E-state index contributed by atoms with van der Waals surface area (Å²) in [6.45, 7) is 9.78. The van der Waals surface area contributed by atoms with E-state index >= 15 is 0 Å². The second kappa shape index (κ2) is 10.4. The number of nitrogens with zero attached hydrogens (tertiary/aromatic N) is 4. The van der Waals surface area contributed by atoms with Crippen LogP contribution in [0.3, 0.4) is 0 Å². The van der Waals surface area contributed by atoms with Crippen LogP contribution in [0.5, 0.6) is 0 Å². The summed E-state index contributed by atoms with van der Waals surface area (Å²) in [5, 5.41) is 14.6. The largest absolute Gasteiger partial charge is 0.481 e. The molecule has 1 aromatic carbocycles. The molecule has 2 aromatic rings. The second-order valence-corrected chi connectivity index (χ2v) is 12.5. The number of aliphatic carboxylic acids is 1. The Balaban J connectivity index is 1.20. The molecule has 1 aliphatic carbocycles. The molecule has 0 bridgehead atoms. The summed E-state index contributed by atoms with van der Waals surface area (Å²) in [5.74, 6) is 1.85. The lowest BCUT2D eigenvalue weighted by Gasteiger charge is -2.52. The van der Waals surface area contributed by atoms with E-state index in [9.17, 15) is 9.90 Å². The summed E-state index contributed by atoms with van der Waals surface area (Å²) < 4.78 is 0. The second-order valence-electron chi connectivity index (χ2n) is 11.3. The number of carbonyl (C=O) groups is 1. The van der Waals surface area contributed by atoms with E-state index in [0.29, 0.717) is 44.7 Å². The van der Waals surface area contributed by atoms with E-state index in [1.807, 2.05) is 32.9 Å². The van der Waals surface area contributed by atoms with Gasteiger partial charge in [-0.3, -0.25) is 4.79 Å². The lowest BCUT2D eigenvalue weighted by atomic mass is 9.65. The Bertz CT molecular complexity index is 1180. The minimum absolute atomic E-state index is 0.115. The summed E-state index contributed by atoms with van der Waals surface area (Å²) in [4.78, 5) is 25.7. The van der Waals surface area contributed by atoms with Crippen LogP contribution in [-0.4, -0.2) is 58.2 Å². The van der Waals surface area contributed by atoms with Crippen LogP contribution in [0.25, 0.3) is 0 Å². The molecule has 1 aromatic heterocycles. The van der Waals surface area contributed by atoms with Crippen molar-refractivity contribution < 1.29 is 9.90 Å². The minimum atomic E-state index is -0.662. The van der Waals surface area contributed by atoms with Crippen LogP contribution < -0.4 is 10.2 Å². The first-order chi connectivity index (χ1) is 17.5. The maximum absolute atomic E-state index is 11.5. The van der Waals surface area contributed by atoms with E-state index in [1.165, 1.54) is 12.8 Å². The van der Waals surface area contributed by atoms with Gasteiger partial charge in [-0.15, -0.1) is 0 Å². The minimum Gasteiger partial charge on any atom is -0.481 e. The Labute approximate surface area is 233 Å². The molecule has 200 valence electrons. The summed E-state index contributed by atoms with van der Waals surface area (Å²) in [6, 6.07) is 5.76. The van der Waals surface area contributed by atoms with Gasteiger partial charge in [0, 0.05) is 35.7 Å². The van der Waals surface area contributed by atoms with Gasteiger partial charge < -0.3 is 20.2 Å². The Morgan fingerprint density at radius 2 is 1.89 bits per heavy atom. The molecule has 0 radical (unpaired) electrons. The van der Waals surface area contributed by atoms with Gasteiger partial charge in [0.05, 0.1) is 17.2 Å². The smallest absolute Gasteiger partial charge is 0.309 e. The average Bonchev–Trinajstić information content (AvgIpc) is 2.79. The number of likely N-dealkylation sites (tertiary alicyclic amines) is 1. The number of nitrogens with one attached hydrogen (secondary N) is 1. The Hall–Kier alpha value is -1.80. The topological polar surface area (TPSA) is 81.6 Å². The fraction of sp³-hybridized carbons (Fsp3) is 0.593. The number of aryl methyl sites for hydroxylation is 1. The molecule has 2 N–H and O–H groups in total. The van der Waals surface area contributed by atoms with Crippen molar-refractivity contribution in [2.75, 3.05) is 36.4 Å². The van der Waals surface area contributed by atoms with Crippen LogP contribution in [0.4, 0.5) is 11.8 Å². The highest BCUT2D eigenvalue weighted by molar-refractivity contribution is 6.35. The van der Waals surface area contributed by atoms with Crippen molar-refractivity contribution >= 4 is 52.5 Å². The zero-order valence-electron chi connectivity index (χ0n) is 21.5. The highest BCUT2D eigenvalue weighted by Crippen LogP contribution is 2.45. The summed E-state index contributed by atoms with van der Waals surface area (Å²) >= 11 is 19.0. The van der Waals surface area contributed by atoms with E-state index in [-0.39, 0.29) is 6.04 Å². The van der Waals surface area contributed by atoms with E-state index in [1.54, 1.807) is 6.07 Å². The molecule has 10 heteroatoms. The third-order valence-corrected chi connectivity index (χ3v) is 9.56. The molecule has 7 nitrogen and oxygen atoms in total. The first-order valence-electron chi connectivity index (χ1n) is 13.0. The zero-order chi connectivity index (χ0) is 26.5. The molecule has 3 fully saturated rings. The van der Waals surface area contributed by atoms with Crippen molar-refractivity contribution in [3.63, 3.8) is 0 Å². The quantitative estimate of drug-likeness (QED) is 0.406. The van der Waals surface area contributed by atoms with Crippen LogP contribution in [0.15, 0.2) is 18.2 Å². The van der Waals surface area contributed by atoms with Gasteiger partial charge in [0.15, 0.2) is 5.82 Å². The molecule has 2 aliphatic heterocycles. The van der Waals surface area contributed by atoms with Crippen LogP contribution in [0.1, 0.15) is 56.8 Å². The number of rotatable bonds is 7. The molecule has 0 amide bonds. The van der Waals surface area contributed by atoms with E-state index in [0.717, 1.165) is 50.3 Å². The van der Waals surface area contributed by atoms with Gasteiger partial charge in [-0.25, -0.2) is 4.98 Å². The van der Waals surface area contributed by atoms with Gasteiger partial charge in [-0.05, 0) is 82.5 Å². The average molecular weight is 567 g/mol. The molecule has 3 aliphatic rings. The van der Waals surface area contributed by atoms with Crippen molar-refractivity contribution in [3.8, 4) is 0 Å². The Morgan fingerprint density at radius 1 is 1.16 bits per heavy atom. The van der Waals surface area contributed by atoms with Gasteiger partial charge in [0.1, 0.15) is 5.02 Å². The van der Waals surface area contributed by atoms with Crippen molar-refractivity contribution in [1.82, 2.24) is 14.9 Å². The molecule has 0 spiro atoms. The van der Waals surface area contributed by atoms with Gasteiger partial charge >= 0.3 is 5.97 Å². The molecule has 0 unspecified atom stereocenters.